The number of aromatic nitrogens is 2. The Labute approximate surface area is 109 Å². The van der Waals surface area contributed by atoms with E-state index >= 15 is 0 Å². The van der Waals surface area contributed by atoms with E-state index in [1.54, 1.807) is 6.20 Å². The third-order valence-corrected chi connectivity index (χ3v) is 2.66. The van der Waals surface area contributed by atoms with Crippen molar-refractivity contribution in [3.63, 3.8) is 0 Å². The average Bonchev–Trinajstić information content (AvgIpc) is 2.74. The van der Waals surface area contributed by atoms with Gasteiger partial charge >= 0.3 is 0 Å². The van der Waals surface area contributed by atoms with Crippen molar-refractivity contribution in [2.24, 2.45) is 5.73 Å². The van der Waals surface area contributed by atoms with E-state index < -0.39 is 10.8 Å². The molecule has 0 fully saturated rings. The number of rotatable bonds is 3. The Morgan fingerprint density at radius 2 is 2.22 bits per heavy atom. The van der Waals surface area contributed by atoms with Crippen LogP contribution in [0.1, 0.15) is 10.4 Å². The minimum atomic E-state index is -0.716. The number of primary amides is 1. The van der Waals surface area contributed by atoms with Gasteiger partial charge in [0, 0.05) is 17.8 Å². The molecule has 0 spiro atoms. The van der Waals surface area contributed by atoms with E-state index in [0.29, 0.717) is 4.47 Å². The molecule has 8 heteroatoms. The molecule has 2 rings (SSSR count). The molecule has 2 aromatic rings. The van der Waals surface area contributed by atoms with Crippen LogP contribution in [0.2, 0.25) is 0 Å². The van der Waals surface area contributed by atoms with Crippen LogP contribution in [0.5, 0.6) is 0 Å². The van der Waals surface area contributed by atoms with Gasteiger partial charge in [-0.3, -0.25) is 14.9 Å². The molecule has 0 atom stereocenters. The predicted octanol–water partition coefficient (Wildman–Crippen LogP) is 1.64. The maximum Gasteiger partial charge on any atom is 0.295 e. The van der Waals surface area contributed by atoms with E-state index in [-0.39, 0.29) is 16.9 Å². The number of carbonyl (C=O) groups excluding carboxylic acids is 1. The van der Waals surface area contributed by atoms with Gasteiger partial charge in [0.2, 0.25) is 5.91 Å². The summed E-state index contributed by atoms with van der Waals surface area (Å²) in [5, 5.41) is 14.9. The van der Waals surface area contributed by atoms with Crippen molar-refractivity contribution in [3.05, 3.63) is 50.7 Å². The first kappa shape index (κ1) is 12.2. The van der Waals surface area contributed by atoms with E-state index in [1.807, 2.05) is 0 Å². The highest BCUT2D eigenvalue weighted by Gasteiger charge is 2.18. The lowest BCUT2D eigenvalue weighted by Gasteiger charge is -2.04. The topological polar surface area (TPSA) is 104 Å². The summed E-state index contributed by atoms with van der Waals surface area (Å²) in [7, 11) is 0. The van der Waals surface area contributed by atoms with Gasteiger partial charge in [-0.25, -0.2) is 4.68 Å². The molecule has 0 saturated heterocycles. The molecule has 1 heterocycles. The smallest absolute Gasteiger partial charge is 0.295 e. The third kappa shape index (κ3) is 2.23. The van der Waals surface area contributed by atoms with Gasteiger partial charge < -0.3 is 5.73 Å². The Bertz CT molecular complexity index is 638. The molecule has 18 heavy (non-hydrogen) atoms. The number of benzene rings is 1. The standard InChI is InChI=1S/C10H7BrN4O3/c11-7-4-13-14(5-7)8-2-1-6(10(12)16)3-9(8)15(17)18/h1-5H,(H2,12,16). The molecule has 1 aromatic heterocycles. The maximum absolute atomic E-state index is 11.0. The van der Waals surface area contributed by atoms with Gasteiger partial charge in [0.15, 0.2) is 0 Å². The van der Waals surface area contributed by atoms with Gasteiger partial charge in [-0.2, -0.15) is 5.10 Å². The number of nitro benzene ring substituents is 1. The normalized spacial score (nSPS) is 10.3. The van der Waals surface area contributed by atoms with Crippen molar-refractivity contribution < 1.29 is 9.72 Å². The van der Waals surface area contributed by atoms with E-state index in [9.17, 15) is 14.9 Å². The first-order valence-corrected chi connectivity index (χ1v) is 5.57. The van der Waals surface area contributed by atoms with Crippen molar-refractivity contribution in [2.75, 3.05) is 0 Å². The molecule has 1 amide bonds. The van der Waals surface area contributed by atoms with Crippen LogP contribution in [-0.2, 0) is 0 Å². The second kappa shape index (κ2) is 4.57. The maximum atomic E-state index is 11.0. The number of halogens is 1. The van der Waals surface area contributed by atoms with Crippen LogP contribution in [-0.4, -0.2) is 20.6 Å². The summed E-state index contributed by atoms with van der Waals surface area (Å²) in [6.07, 6.45) is 3.08. The van der Waals surface area contributed by atoms with Gasteiger partial charge in [0.25, 0.3) is 5.69 Å². The highest BCUT2D eigenvalue weighted by Crippen LogP contribution is 2.24. The van der Waals surface area contributed by atoms with Crippen LogP contribution >= 0.6 is 15.9 Å². The molecule has 0 bridgehead atoms. The van der Waals surface area contributed by atoms with Crippen LogP contribution in [0.3, 0.4) is 0 Å². The summed E-state index contributed by atoms with van der Waals surface area (Å²) in [5.74, 6) is -0.716. The summed E-state index contributed by atoms with van der Waals surface area (Å²) < 4.78 is 2.03. The number of nitrogens with two attached hydrogens (primary N) is 1. The minimum absolute atomic E-state index is 0.0803. The number of amides is 1. The van der Waals surface area contributed by atoms with Crippen LogP contribution < -0.4 is 5.73 Å². The van der Waals surface area contributed by atoms with Crippen LogP contribution in [0.4, 0.5) is 5.69 Å². The molecule has 7 nitrogen and oxygen atoms in total. The lowest BCUT2D eigenvalue weighted by atomic mass is 10.1. The van der Waals surface area contributed by atoms with Crippen LogP contribution in [0.25, 0.3) is 5.69 Å². The van der Waals surface area contributed by atoms with Crippen molar-refractivity contribution in [1.82, 2.24) is 9.78 Å². The average molecular weight is 311 g/mol. The Kier molecular flexibility index (Phi) is 3.11. The van der Waals surface area contributed by atoms with Crippen molar-refractivity contribution in [3.8, 4) is 5.69 Å². The molecule has 0 radical (unpaired) electrons. The quantitative estimate of drug-likeness (QED) is 0.687. The monoisotopic (exact) mass is 310 g/mol. The van der Waals surface area contributed by atoms with E-state index in [0.717, 1.165) is 6.07 Å². The lowest BCUT2D eigenvalue weighted by molar-refractivity contribution is -0.384. The number of hydrogen-bond acceptors (Lipinski definition) is 4. The van der Waals surface area contributed by atoms with Crippen molar-refractivity contribution >= 4 is 27.5 Å². The fourth-order valence-electron chi connectivity index (χ4n) is 1.45. The zero-order valence-corrected chi connectivity index (χ0v) is 10.5. The van der Waals surface area contributed by atoms with Gasteiger partial charge in [-0.1, -0.05) is 0 Å². The van der Waals surface area contributed by atoms with Crippen LogP contribution in [0.15, 0.2) is 35.1 Å². The van der Waals surface area contributed by atoms with E-state index in [1.165, 1.54) is 23.0 Å². The Balaban J connectivity index is 2.60. The second-order valence-electron chi connectivity index (χ2n) is 3.43. The van der Waals surface area contributed by atoms with Crippen molar-refractivity contribution in [2.45, 2.75) is 0 Å². The molecular weight excluding hydrogens is 304 g/mol. The number of hydrogen-bond donors (Lipinski definition) is 1. The Hall–Kier alpha value is -2.22. The largest absolute Gasteiger partial charge is 0.366 e. The molecule has 0 aliphatic heterocycles. The van der Waals surface area contributed by atoms with Gasteiger partial charge in [-0.15, -0.1) is 0 Å². The fraction of sp³-hybridized carbons (Fsp3) is 0. The van der Waals surface area contributed by atoms with Gasteiger partial charge in [0.05, 0.1) is 15.6 Å². The predicted molar refractivity (Wildman–Crippen MR) is 66.4 cm³/mol. The number of nitro groups is 1. The first-order chi connectivity index (χ1) is 8.49. The first-order valence-electron chi connectivity index (χ1n) is 4.78. The molecule has 0 aliphatic rings. The molecule has 0 aliphatic carbocycles. The molecule has 2 N–H and O–H groups in total. The second-order valence-corrected chi connectivity index (χ2v) is 4.34. The van der Waals surface area contributed by atoms with Gasteiger partial charge in [-0.05, 0) is 28.1 Å². The van der Waals surface area contributed by atoms with Gasteiger partial charge in [0.1, 0.15) is 5.69 Å². The molecule has 0 saturated carbocycles. The molecular formula is C10H7BrN4O3. The fourth-order valence-corrected chi connectivity index (χ4v) is 1.73. The summed E-state index contributed by atoms with van der Waals surface area (Å²) in [5.41, 5.74) is 5.19. The Morgan fingerprint density at radius 1 is 1.50 bits per heavy atom. The summed E-state index contributed by atoms with van der Waals surface area (Å²) in [6.45, 7) is 0. The highest BCUT2D eigenvalue weighted by molar-refractivity contribution is 9.10. The van der Waals surface area contributed by atoms with Crippen molar-refractivity contribution in [1.29, 1.82) is 0 Å². The molecule has 1 aromatic carbocycles. The zero-order valence-electron chi connectivity index (χ0n) is 8.91. The highest BCUT2D eigenvalue weighted by atomic mass is 79.9. The number of nitrogens with zero attached hydrogens (tertiary/aromatic N) is 3. The number of carbonyl (C=O) groups is 1. The lowest BCUT2D eigenvalue weighted by Crippen LogP contribution is -2.12. The van der Waals surface area contributed by atoms with E-state index in [4.69, 9.17) is 5.73 Å². The third-order valence-electron chi connectivity index (χ3n) is 2.25. The zero-order chi connectivity index (χ0) is 13.3. The van der Waals surface area contributed by atoms with Crippen LogP contribution in [0, 0.1) is 10.1 Å². The Morgan fingerprint density at radius 3 is 2.72 bits per heavy atom. The SMILES string of the molecule is NC(=O)c1ccc(-n2cc(Br)cn2)c([N+](=O)[O-])c1. The summed E-state index contributed by atoms with van der Waals surface area (Å²) >= 11 is 3.20. The van der Waals surface area contributed by atoms with E-state index in [2.05, 4.69) is 21.0 Å². The summed E-state index contributed by atoms with van der Waals surface area (Å²) in [6, 6.07) is 3.98. The minimum Gasteiger partial charge on any atom is -0.366 e. The molecule has 92 valence electrons. The summed E-state index contributed by atoms with van der Waals surface area (Å²) in [4.78, 5) is 21.4. The molecule has 0 unspecified atom stereocenters.